The number of rotatable bonds is 3. The van der Waals surface area contributed by atoms with Crippen LogP contribution in [-0.4, -0.2) is 9.55 Å². The minimum Gasteiger partial charge on any atom is -0.290 e. The van der Waals surface area contributed by atoms with Crippen LogP contribution in [0.15, 0.2) is 52.4 Å². The summed E-state index contributed by atoms with van der Waals surface area (Å²) in [6.07, 6.45) is 0. The lowest BCUT2D eigenvalue weighted by atomic mass is 10.2. The number of halogens is 2. The van der Waals surface area contributed by atoms with E-state index in [1.165, 1.54) is 11.8 Å². The monoisotopic (exact) mass is 350 g/mol. The fraction of sp³-hybridized carbons (Fsp3) is 0.125. The van der Waals surface area contributed by atoms with Crippen molar-refractivity contribution in [1.29, 1.82) is 0 Å². The van der Waals surface area contributed by atoms with Gasteiger partial charge < -0.3 is 0 Å². The van der Waals surface area contributed by atoms with Crippen molar-refractivity contribution in [2.24, 2.45) is 7.05 Å². The molecule has 0 fully saturated rings. The highest BCUT2D eigenvalue weighted by Gasteiger charge is 2.09. The molecule has 3 nitrogen and oxygen atoms in total. The Bertz CT molecular complexity index is 908. The number of benzene rings is 2. The lowest BCUT2D eigenvalue weighted by molar-refractivity contribution is 0.726. The topological polar surface area (TPSA) is 34.9 Å². The maximum atomic E-state index is 12.3. The largest absolute Gasteiger partial charge is 0.290 e. The second-order valence-corrected chi connectivity index (χ2v) is 6.57. The van der Waals surface area contributed by atoms with Crippen molar-refractivity contribution in [3.05, 3.63) is 68.4 Å². The number of hydrogen-bond donors (Lipinski definition) is 0. The molecule has 3 aromatic rings. The second kappa shape index (κ2) is 6.32. The van der Waals surface area contributed by atoms with Gasteiger partial charge in [-0.1, -0.05) is 53.2 Å². The van der Waals surface area contributed by atoms with Crippen molar-refractivity contribution in [2.75, 3.05) is 0 Å². The zero-order valence-corrected chi connectivity index (χ0v) is 14.0. The third-order valence-electron chi connectivity index (χ3n) is 3.29. The normalized spacial score (nSPS) is 11.0. The molecule has 1 heterocycles. The molecule has 0 spiro atoms. The van der Waals surface area contributed by atoms with Crippen LogP contribution >= 0.6 is 35.0 Å². The van der Waals surface area contributed by atoms with Crippen molar-refractivity contribution in [2.45, 2.75) is 10.9 Å². The first-order chi connectivity index (χ1) is 10.6. The van der Waals surface area contributed by atoms with E-state index in [1.807, 2.05) is 30.3 Å². The molecule has 0 amide bonds. The van der Waals surface area contributed by atoms with E-state index in [1.54, 1.807) is 23.7 Å². The Morgan fingerprint density at radius 2 is 1.91 bits per heavy atom. The minimum absolute atomic E-state index is 0.0396. The number of nitrogens with zero attached hydrogens (tertiary/aromatic N) is 2. The van der Waals surface area contributed by atoms with Gasteiger partial charge in [0.25, 0.3) is 5.56 Å². The maximum Gasteiger partial charge on any atom is 0.261 e. The van der Waals surface area contributed by atoms with Crippen LogP contribution in [0.4, 0.5) is 0 Å². The Morgan fingerprint density at radius 1 is 1.14 bits per heavy atom. The molecule has 0 aliphatic heterocycles. The number of fused-ring (bicyclic) bond motifs is 1. The number of para-hydroxylation sites is 1. The molecule has 0 aliphatic rings. The van der Waals surface area contributed by atoms with Crippen LogP contribution in [0, 0.1) is 0 Å². The molecule has 0 radical (unpaired) electrons. The molecule has 0 atom stereocenters. The zero-order valence-electron chi connectivity index (χ0n) is 11.7. The zero-order chi connectivity index (χ0) is 15.7. The fourth-order valence-electron chi connectivity index (χ4n) is 2.10. The van der Waals surface area contributed by atoms with E-state index in [-0.39, 0.29) is 5.56 Å². The molecule has 0 aliphatic carbocycles. The number of hydrogen-bond acceptors (Lipinski definition) is 3. The molecule has 0 unspecified atom stereocenters. The van der Waals surface area contributed by atoms with Crippen LogP contribution in [0.1, 0.15) is 5.56 Å². The summed E-state index contributed by atoms with van der Waals surface area (Å²) in [5, 5.41) is 2.37. The Morgan fingerprint density at radius 3 is 2.68 bits per heavy atom. The van der Waals surface area contributed by atoms with Gasteiger partial charge in [0, 0.05) is 12.8 Å². The molecule has 112 valence electrons. The smallest absolute Gasteiger partial charge is 0.261 e. The summed E-state index contributed by atoms with van der Waals surface area (Å²) in [5.41, 5.74) is 1.70. The summed E-state index contributed by atoms with van der Waals surface area (Å²) >= 11 is 13.4. The highest BCUT2D eigenvalue weighted by Crippen LogP contribution is 2.27. The lowest BCUT2D eigenvalue weighted by Crippen LogP contribution is -2.19. The third-order valence-corrected chi connectivity index (χ3v) is 5.13. The van der Waals surface area contributed by atoms with Gasteiger partial charge in [-0.2, -0.15) is 0 Å². The van der Waals surface area contributed by atoms with Gasteiger partial charge in [0.05, 0.1) is 20.9 Å². The van der Waals surface area contributed by atoms with Crippen molar-refractivity contribution in [3.8, 4) is 0 Å². The molecular formula is C16H12Cl2N2OS. The van der Waals surface area contributed by atoms with E-state index < -0.39 is 0 Å². The predicted molar refractivity (Wildman–Crippen MR) is 93.0 cm³/mol. The molecule has 0 saturated heterocycles. The van der Waals surface area contributed by atoms with Gasteiger partial charge >= 0.3 is 0 Å². The standard InChI is InChI=1S/C16H12Cl2N2OS/c1-20-15(21)11-4-2-3-5-14(11)19-16(20)22-9-10-6-7-12(17)13(18)8-10/h2-8H,9H2,1H3. The summed E-state index contributed by atoms with van der Waals surface area (Å²) in [4.78, 5) is 16.9. The summed E-state index contributed by atoms with van der Waals surface area (Å²) < 4.78 is 1.57. The van der Waals surface area contributed by atoms with Gasteiger partial charge in [0.2, 0.25) is 0 Å². The van der Waals surface area contributed by atoms with Crippen molar-refractivity contribution in [1.82, 2.24) is 9.55 Å². The van der Waals surface area contributed by atoms with E-state index >= 15 is 0 Å². The number of thioether (sulfide) groups is 1. The average molecular weight is 351 g/mol. The SMILES string of the molecule is Cn1c(SCc2ccc(Cl)c(Cl)c2)nc2ccccc2c1=O. The third kappa shape index (κ3) is 3.00. The van der Waals surface area contributed by atoms with Crippen LogP contribution < -0.4 is 5.56 Å². The predicted octanol–water partition coefficient (Wildman–Crippen LogP) is 4.53. The van der Waals surface area contributed by atoms with Crippen LogP contribution in [0.5, 0.6) is 0 Å². The van der Waals surface area contributed by atoms with E-state index in [9.17, 15) is 4.79 Å². The minimum atomic E-state index is -0.0396. The Kier molecular flexibility index (Phi) is 4.43. The summed E-state index contributed by atoms with van der Waals surface area (Å²) in [5.74, 6) is 0.662. The molecule has 6 heteroatoms. The molecule has 2 aromatic carbocycles. The highest BCUT2D eigenvalue weighted by atomic mass is 35.5. The second-order valence-electron chi connectivity index (χ2n) is 4.81. The van der Waals surface area contributed by atoms with Gasteiger partial charge in [-0.15, -0.1) is 0 Å². The average Bonchev–Trinajstić information content (AvgIpc) is 2.53. The van der Waals surface area contributed by atoms with Crippen LogP contribution in [0.3, 0.4) is 0 Å². The van der Waals surface area contributed by atoms with E-state index in [0.29, 0.717) is 31.9 Å². The first-order valence-corrected chi connectivity index (χ1v) is 8.33. The van der Waals surface area contributed by atoms with Crippen molar-refractivity contribution in [3.63, 3.8) is 0 Å². The Labute approximate surface area is 141 Å². The summed E-state index contributed by atoms with van der Waals surface area (Å²) in [7, 11) is 1.74. The van der Waals surface area contributed by atoms with Crippen LogP contribution in [0.25, 0.3) is 10.9 Å². The van der Waals surface area contributed by atoms with Crippen LogP contribution in [-0.2, 0) is 12.8 Å². The molecule has 3 rings (SSSR count). The van der Waals surface area contributed by atoms with E-state index in [4.69, 9.17) is 23.2 Å². The summed E-state index contributed by atoms with van der Waals surface area (Å²) in [6.45, 7) is 0. The molecular weight excluding hydrogens is 339 g/mol. The molecule has 0 saturated carbocycles. The fourth-order valence-corrected chi connectivity index (χ4v) is 3.34. The molecule has 1 aromatic heterocycles. The van der Waals surface area contributed by atoms with Crippen LogP contribution in [0.2, 0.25) is 10.0 Å². The van der Waals surface area contributed by atoms with Gasteiger partial charge in [-0.3, -0.25) is 9.36 Å². The molecule has 0 bridgehead atoms. The van der Waals surface area contributed by atoms with Crippen molar-refractivity contribution >= 4 is 45.9 Å². The van der Waals surface area contributed by atoms with Gasteiger partial charge in [-0.25, -0.2) is 4.98 Å². The maximum absolute atomic E-state index is 12.3. The van der Waals surface area contributed by atoms with Gasteiger partial charge in [-0.05, 0) is 29.8 Å². The lowest BCUT2D eigenvalue weighted by Gasteiger charge is -2.09. The molecule has 22 heavy (non-hydrogen) atoms. The van der Waals surface area contributed by atoms with E-state index in [2.05, 4.69) is 4.98 Å². The Balaban J connectivity index is 1.92. The van der Waals surface area contributed by atoms with Crippen molar-refractivity contribution < 1.29 is 0 Å². The van der Waals surface area contributed by atoms with Gasteiger partial charge in [0.1, 0.15) is 0 Å². The highest BCUT2D eigenvalue weighted by molar-refractivity contribution is 7.98. The van der Waals surface area contributed by atoms with E-state index in [0.717, 1.165) is 5.56 Å². The number of aromatic nitrogens is 2. The van der Waals surface area contributed by atoms with Gasteiger partial charge in [0.15, 0.2) is 5.16 Å². The first kappa shape index (κ1) is 15.4. The summed E-state index contributed by atoms with van der Waals surface area (Å²) in [6, 6.07) is 12.9. The quantitative estimate of drug-likeness (QED) is 0.514. The Hall–Kier alpha value is -1.49. The first-order valence-electron chi connectivity index (χ1n) is 6.59. The molecule has 0 N–H and O–H groups in total.